The Balaban J connectivity index is 1.51. The van der Waals surface area contributed by atoms with Gasteiger partial charge in [0, 0.05) is 31.7 Å². The summed E-state index contributed by atoms with van der Waals surface area (Å²) in [5.74, 6) is -0.848. The molecule has 160 valence electrons. The number of benzene rings is 1. The van der Waals surface area contributed by atoms with Gasteiger partial charge in [-0.15, -0.1) is 10.2 Å². The van der Waals surface area contributed by atoms with Gasteiger partial charge in [0.2, 0.25) is 15.9 Å². The number of piperidine rings is 1. The van der Waals surface area contributed by atoms with Crippen LogP contribution in [0.15, 0.2) is 24.3 Å². The van der Waals surface area contributed by atoms with Crippen molar-refractivity contribution in [1.29, 1.82) is 0 Å². The smallest absolute Gasteiger partial charge is 0.286 e. The number of hydrogen-bond donors (Lipinski definition) is 2. The number of aromatic nitrogens is 2. The van der Waals surface area contributed by atoms with Crippen LogP contribution in [0.1, 0.15) is 52.2 Å². The first-order chi connectivity index (χ1) is 14.5. The second-order valence-corrected chi connectivity index (χ2v) is 8.14. The summed E-state index contributed by atoms with van der Waals surface area (Å²) >= 11 is 0.922. The number of anilines is 1. The third-order valence-corrected chi connectivity index (χ3v) is 5.76. The van der Waals surface area contributed by atoms with Crippen molar-refractivity contribution in [2.45, 2.75) is 32.6 Å². The molecule has 1 fully saturated rings. The Morgan fingerprint density at radius 2 is 1.80 bits per heavy atom. The number of carbonyl (C=O) groups is 3. The zero-order chi connectivity index (χ0) is 21.5. The van der Waals surface area contributed by atoms with Crippen LogP contribution in [-0.4, -0.2) is 52.5 Å². The van der Waals surface area contributed by atoms with Gasteiger partial charge in [0.05, 0.1) is 0 Å². The Hall–Kier alpha value is -2.88. The summed E-state index contributed by atoms with van der Waals surface area (Å²) in [5, 5.41) is 13.4. The van der Waals surface area contributed by atoms with Crippen LogP contribution in [0, 0.1) is 11.7 Å². The van der Waals surface area contributed by atoms with E-state index < -0.39 is 11.7 Å². The predicted octanol–water partition coefficient (Wildman–Crippen LogP) is 2.70. The van der Waals surface area contributed by atoms with Gasteiger partial charge in [-0.25, -0.2) is 4.39 Å². The number of halogens is 1. The minimum absolute atomic E-state index is 0.0579. The number of amides is 3. The molecule has 1 aliphatic rings. The first-order valence-corrected chi connectivity index (χ1v) is 10.7. The highest BCUT2D eigenvalue weighted by molar-refractivity contribution is 7.15. The van der Waals surface area contributed by atoms with Crippen molar-refractivity contribution in [3.05, 3.63) is 40.1 Å². The van der Waals surface area contributed by atoms with Gasteiger partial charge in [0.25, 0.3) is 11.8 Å². The van der Waals surface area contributed by atoms with E-state index in [1.54, 1.807) is 4.90 Å². The fourth-order valence-corrected chi connectivity index (χ4v) is 3.90. The van der Waals surface area contributed by atoms with E-state index in [0.717, 1.165) is 30.6 Å². The molecule has 1 saturated heterocycles. The summed E-state index contributed by atoms with van der Waals surface area (Å²) in [6.07, 6.45) is 2.89. The van der Waals surface area contributed by atoms with Crippen molar-refractivity contribution in [2.24, 2.45) is 5.92 Å². The molecule has 1 aromatic heterocycles. The molecule has 3 rings (SSSR count). The van der Waals surface area contributed by atoms with Crippen LogP contribution in [0.25, 0.3) is 0 Å². The molecule has 0 spiro atoms. The van der Waals surface area contributed by atoms with Crippen LogP contribution >= 0.6 is 11.3 Å². The molecule has 0 aliphatic carbocycles. The number of nitrogens with zero attached hydrogens (tertiary/aromatic N) is 3. The summed E-state index contributed by atoms with van der Waals surface area (Å²) in [5.41, 5.74) is 0.425. The second-order valence-electron chi connectivity index (χ2n) is 7.16. The number of likely N-dealkylation sites (tertiary alicyclic amines) is 1. The van der Waals surface area contributed by atoms with E-state index in [1.807, 2.05) is 6.92 Å². The minimum atomic E-state index is -0.505. The average Bonchev–Trinajstić information content (AvgIpc) is 3.24. The van der Waals surface area contributed by atoms with E-state index >= 15 is 0 Å². The Bertz CT molecular complexity index is 894. The van der Waals surface area contributed by atoms with Crippen LogP contribution in [-0.2, 0) is 4.79 Å². The van der Waals surface area contributed by atoms with Crippen molar-refractivity contribution < 1.29 is 18.8 Å². The molecular weight excluding hydrogens is 409 g/mol. The van der Waals surface area contributed by atoms with Crippen molar-refractivity contribution in [3.8, 4) is 0 Å². The molecule has 0 bridgehead atoms. The lowest BCUT2D eigenvalue weighted by molar-refractivity contribution is -0.122. The lowest BCUT2D eigenvalue weighted by Crippen LogP contribution is -2.39. The zero-order valence-electron chi connectivity index (χ0n) is 16.7. The third-order valence-electron chi connectivity index (χ3n) is 4.85. The summed E-state index contributed by atoms with van der Waals surface area (Å²) in [4.78, 5) is 38.5. The maximum Gasteiger partial charge on any atom is 0.286 e. The van der Waals surface area contributed by atoms with Crippen LogP contribution in [0.5, 0.6) is 0 Å². The highest BCUT2D eigenvalue weighted by Crippen LogP contribution is 2.23. The number of rotatable bonds is 7. The monoisotopic (exact) mass is 433 g/mol. The number of hydrogen-bond acceptors (Lipinski definition) is 6. The Kier molecular flexibility index (Phi) is 7.45. The molecule has 0 unspecified atom stereocenters. The van der Waals surface area contributed by atoms with Crippen LogP contribution in [0.3, 0.4) is 0 Å². The van der Waals surface area contributed by atoms with Gasteiger partial charge in [0.1, 0.15) is 5.82 Å². The van der Waals surface area contributed by atoms with E-state index in [0.29, 0.717) is 31.7 Å². The predicted molar refractivity (Wildman–Crippen MR) is 111 cm³/mol. The summed E-state index contributed by atoms with van der Waals surface area (Å²) in [7, 11) is 0. The molecule has 1 aliphatic heterocycles. The van der Waals surface area contributed by atoms with Gasteiger partial charge >= 0.3 is 0 Å². The first kappa shape index (κ1) is 21.8. The Morgan fingerprint density at radius 1 is 1.13 bits per heavy atom. The fraction of sp³-hybridized carbons (Fsp3) is 0.450. The zero-order valence-corrected chi connectivity index (χ0v) is 17.5. The van der Waals surface area contributed by atoms with Gasteiger partial charge < -0.3 is 15.5 Å². The van der Waals surface area contributed by atoms with Crippen molar-refractivity contribution in [2.75, 3.05) is 25.0 Å². The first-order valence-electron chi connectivity index (χ1n) is 9.92. The Morgan fingerprint density at radius 3 is 2.47 bits per heavy atom. The molecule has 2 aromatic rings. The quantitative estimate of drug-likeness (QED) is 0.699. The number of nitrogens with one attached hydrogen (secondary N) is 2. The van der Waals surface area contributed by atoms with E-state index in [1.165, 1.54) is 24.3 Å². The molecule has 8 nitrogen and oxygen atoms in total. The van der Waals surface area contributed by atoms with Gasteiger partial charge in [0.15, 0.2) is 0 Å². The lowest BCUT2D eigenvalue weighted by Gasteiger charge is -2.31. The molecule has 0 radical (unpaired) electrons. The van der Waals surface area contributed by atoms with Crippen molar-refractivity contribution in [3.63, 3.8) is 0 Å². The van der Waals surface area contributed by atoms with E-state index in [9.17, 15) is 18.8 Å². The summed E-state index contributed by atoms with van der Waals surface area (Å²) in [6, 6.07) is 5.35. The number of carbonyl (C=O) groups excluding carboxylic acids is 3. The SMILES string of the molecule is CCCNC(=O)CC1CCN(C(=O)c2nnc(C(=O)Nc3ccc(F)cc3)s2)CC1. The maximum absolute atomic E-state index is 13.0. The highest BCUT2D eigenvalue weighted by Gasteiger charge is 2.27. The van der Waals surface area contributed by atoms with Crippen LogP contribution in [0.2, 0.25) is 0 Å². The van der Waals surface area contributed by atoms with Crippen LogP contribution < -0.4 is 10.6 Å². The highest BCUT2D eigenvalue weighted by atomic mass is 32.1. The fourth-order valence-electron chi connectivity index (χ4n) is 3.19. The van der Waals surface area contributed by atoms with Gasteiger partial charge in [-0.1, -0.05) is 18.3 Å². The molecule has 30 heavy (non-hydrogen) atoms. The van der Waals surface area contributed by atoms with E-state index in [-0.39, 0.29) is 27.7 Å². The summed E-state index contributed by atoms with van der Waals surface area (Å²) < 4.78 is 13.0. The molecule has 0 atom stereocenters. The van der Waals surface area contributed by atoms with Crippen LogP contribution in [0.4, 0.5) is 10.1 Å². The van der Waals surface area contributed by atoms with Gasteiger partial charge in [-0.3, -0.25) is 14.4 Å². The maximum atomic E-state index is 13.0. The molecule has 3 amide bonds. The van der Waals surface area contributed by atoms with Crippen molar-refractivity contribution in [1.82, 2.24) is 20.4 Å². The standard InChI is InChI=1S/C20H24FN5O3S/c1-2-9-22-16(27)12-13-7-10-26(11-8-13)20(29)19-25-24-18(30-19)17(28)23-15-5-3-14(21)4-6-15/h3-6,13H,2,7-12H2,1H3,(H,22,27)(H,23,28). The normalized spacial score (nSPS) is 14.4. The molecule has 0 saturated carbocycles. The average molecular weight is 434 g/mol. The van der Waals surface area contributed by atoms with E-state index in [4.69, 9.17) is 0 Å². The van der Waals surface area contributed by atoms with Gasteiger partial charge in [-0.2, -0.15) is 0 Å². The molecule has 2 heterocycles. The molecular formula is C20H24FN5O3S. The lowest BCUT2D eigenvalue weighted by atomic mass is 9.93. The molecule has 2 N–H and O–H groups in total. The van der Waals surface area contributed by atoms with Crippen molar-refractivity contribution >= 4 is 34.7 Å². The van der Waals surface area contributed by atoms with E-state index in [2.05, 4.69) is 20.8 Å². The third kappa shape index (κ3) is 5.82. The largest absolute Gasteiger partial charge is 0.356 e. The minimum Gasteiger partial charge on any atom is -0.356 e. The second kappa shape index (κ2) is 10.2. The Labute approximate surface area is 177 Å². The molecule has 10 heteroatoms. The summed E-state index contributed by atoms with van der Waals surface area (Å²) in [6.45, 7) is 3.78. The van der Waals surface area contributed by atoms with Gasteiger partial charge in [-0.05, 0) is 49.4 Å². The molecule has 1 aromatic carbocycles. The topological polar surface area (TPSA) is 104 Å².